The highest BCUT2D eigenvalue weighted by Crippen LogP contribution is 2.31. The Morgan fingerprint density at radius 1 is 1.21 bits per heavy atom. The number of thiocarbonyl (C=S) groups is 1. The Bertz CT molecular complexity index is 1170. The molecule has 0 aliphatic carbocycles. The third-order valence-corrected chi connectivity index (χ3v) is 5.68. The number of nitro groups is 1. The summed E-state index contributed by atoms with van der Waals surface area (Å²) in [7, 11) is 1.78. The summed E-state index contributed by atoms with van der Waals surface area (Å²) in [6, 6.07) is 12.5. The number of nitrogens with zero attached hydrogens (tertiary/aromatic N) is 2. The first-order valence-electron chi connectivity index (χ1n) is 10.5. The standard InChI is InChI=1S/C24H24N4O5S/c1-4-33-23(30)21-15(2)27(3)24(34)26-22(21)17-8-10-18(11-9-17)25-20(29)14-7-16-5-12-19(13-6-16)28(31)32/h5-14,22H,4H2,1-3H3,(H,25,29)(H,26,34)/b14-7+. The molecule has 1 aliphatic rings. The van der Waals surface area contributed by atoms with Crippen LogP contribution in [0.3, 0.4) is 0 Å². The van der Waals surface area contributed by atoms with Gasteiger partial charge in [-0.05, 0) is 67.5 Å². The van der Waals surface area contributed by atoms with Crippen LogP contribution in [0.4, 0.5) is 11.4 Å². The summed E-state index contributed by atoms with van der Waals surface area (Å²) in [5.74, 6) is -0.770. The zero-order valence-corrected chi connectivity index (χ0v) is 19.7. The normalized spacial score (nSPS) is 15.8. The van der Waals surface area contributed by atoms with Crippen LogP contribution in [0.2, 0.25) is 0 Å². The smallest absolute Gasteiger partial charge is 0.338 e. The van der Waals surface area contributed by atoms with Gasteiger partial charge in [0.1, 0.15) is 0 Å². The molecule has 2 aromatic rings. The number of nitro benzene ring substituents is 1. The number of allylic oxidation sites excluding steroid dienone is 1. The van der Waals surface area contributed by atoms with Crippen molar-refractivity contribution in [3.05, 3.63) is 87.1 Å². The summed E-state index contributed by atoms with van der Waals surface area (Å²) in [6.45, 7) is 3.83. The topological polar surface area (TPSA) is 114 Å². The molecule has 0 aromatic heterocycles. The maximum absolute atomic E-state index is 12.6. The summed E-state index contributed by atoms with van der Waals surface area (Å²) < 4.78 is 5.24. The van der Waals surface area contributed by atoms with Crippen LogP contribution in [0.1, 0.15) is 31.0 Å². The third-order valence-electron chi connectivity index (χ3n) is 5.29. The first-order valence-corrected chi connectivity index (χ1v) is 10.9. The number of non-ortho nitro benzene ring substituents is 1. The number of carbonyl (C=O) groups is 2. The van der Waals surface area contributed by atoms with E-state index in [1.165, 1.54) is 18.2 Å². The van der Waals surface area contributed by atoms with Gasteiger partial charge < -0.3 is 20.3 Å². The first kappa shape index (κ1) is 24.6. The van der Waals surface area contributed by atoms with Gasteiger partial charge in [0.25, 0.3) is 5.69 Å². The van der Waals surface area contributed by atoms with Gasteiger partial charge in [0.2, 0.25) is 5.91 Å². The molecule has 0 fully saturated rings. The van der Waals surface area contributed by atoms with Crippen molar-refractivity contribution < 1.29 is 19.2 Å². The molecule has 0 bridgehead atoms. The summed E-state index contributed by atoms with van der Waals surface area (Å²) in [5.41, 5.74) is 3.18. The highest BCUT2D eigenvalue weighted by molar-refractivity contribution is 7.80. The molecule has 1 heterocycles. The average Bonchev–Trinajstić information content (AvgIpc) is 2.82. The van der Waals surface area contributed by atoms with Crippen LogP contribution < -0.4 is 10.6 Å². The lowest BCUT2D eigenvalue weighted by Gasteiger charge is -2.35. The summed E-state index contributed by atoms with van der Waals surface area (Å²) in [5, 5.41) is 17.1. The van der Waals surface area contributed by atoms with E-state index in [4.69, 9.17) is 17.0 Å². The number of nitrogens with one attached hydrogen (secondary N) is 2. The molecular formula is C24H24N4O5S. The van der Waals surface area contributed by atoms with E-state index in [2.05, 4.69) is 10.6 Å². The fourth-order valence-corrected chi connectivity index (χ4v) is 3.64. The van der Waals surface area contributed by atoms with Crippen molar-refractivity contribution in [3.63, 3.8) is 0 Å². The molecule has 0 saturated carbocycles. The van der Waals surface area contributed by atoms with E-state index >= 15 is 0 Å². The Morgan fingerprint density at radius 2 is 1.85 bits per heavy atom. The second-order valence-electron chi connectivity index (χ2n) is 7.45. The molecule has 0 radical (unpaired) electrons. The number of ether oxygens (including phenoxy) is 1. The van der Waals surface area contributed by atoms with Crippen LogP contribution in [0, 0.1) is 10.1 Å². The molecule has 1 unspecified atom stereocenters. The summed E-state index contributed by atoms with van der Waals surface area (Å²) >= 11 is 5.39. The van der Waals surface area contributed by atoms with Gasteiger partial charge in [-0.15, -0.1) is 0 Å². The van der Waals surface area contributed by atoms with Gasteiger partial charge in [-0.3, -0.25) is 14.9 Å². The molecule has 176 valence electrons. The predicted octanol–water partition coefficient (Wildman–Crippen LogP) is 3.94. The second kappa shape index (κ2) is 10.7. The van der Waals surface area contributed by atoms with Crippen molar-refractivity contribution in [2.75, 3.05) is 19.0 Å². The number of esters is 1. The van der Waals surface area contributed by atoms with E-state index in [1.807, 2.05) is 6.92 Å². The van der Waals surface area contributed by atoms with Gasteiger partial charge in [-0.1, -0.05) is 12.1 Å². The van der Waals surface area contributed by atoms with E-state index in [9.17, 15) is 19.7 Å². The number of anilines is 1. The predicted molar refractivity (Wildman–Crippen MR) is 133 cm³/mol. The molecule has 10 heteroatoms. The Hall–Kier alpha value is -4.05. The number of hydrogen-bond donors (Lipinski definition) is 2. The minimum atomic E-state index is -0.481. The fourth-order valence-electron chi connectivity index (χ4n) is 3.38. The highest BCUT2D eigenvalue weighted by atomic mass is 32.1. The van der Waals surface area contributed by atoms with Crippen molar-refractivity contribution in [2.24, 2.45) is 0 Å². The van der Waals surface area contributed by atoms with Crippen molar-refractivity contribution in [1.29, 1.82) is 0 Å². The quantitative estimate of drug-likeness (QED) is 0.201. The lowest BCUT2D eigenvalue weighted by Crippen LogP contribution is -2.46. The average molecular weight is 481 g/mol. The maximum Gasteiger partial charge on any atom is 0.338 e. The van der Waals surface area contributed by atoms with Crippen molar-refractivity contribution in [1.82, 2.24) is 10.2 Å². The van der Waals surface area contributed by atoms with Crippen LogP contribution in [0.5, 0.6) is 0 Å². The second-order valence-corrected chi connectivity index (χ2v) is 7.84. The van der Waals surface area contributed by atoms with E-state index in [1.54, 1.807) is 61.3 Å². The van der Waals surface area contributed by atoms with Crippen molar-refractivity contribution in [2.45, 2.75) is 19.9 Å². The van der Waals surface area contributed by atoms with E-state index < -0.39 is 16.9 Å². The van der Waals surface area contributed by atoms with Gasteiger partial charge in [-0.2, -0.15) is 0 Å². The van der Waals surface area contributed by atoms with Crippen LogP contribution in [0.15, 0.2) is 65.9 Å². The molecule has 34 heavy (non-hydrogen) atoms. The molecule has 1 aliphatic heterocycles. The molecule has 2 aromatic carbocycles. The zero-order chi connectivity index (χ0) is 24.8. The molecule has 9 nitrogen and oxygen atoms in total. The molecular weight excluding hydrogens is 456 g/mol. The van der Waals surface area contributed by atoms with E-state index in [-0.39, 0.29) is 18.2 Å². The number of rotatable bonds is 7. The Balaban J connectivity index is 1.72. The molecule has 3 rings (SSSR count). The van der Waals surface area contributed by atoms with E-state index in [0.717, 1.165) is 5.56 Å². The maximum atomic E-state index is 12.6. The van der Waals surface area contributed by atoms with Crippen LogP contribution in [-0.2, 0) is 14.3 Å². The molecule has 0 saturated heterocycles. The zero-order valence-electron chi connectivity index (χ0n) is 18.9. The third kappa shape index (κ3) is 5.65. The number of benzene rings is 2. The minimum absolute atomic E-state index is 0.0160. The van der Waals surface area contributed by atoms with Crippen molar-refractivity contribution >= 4 is 46.7 Å². The molecule has 1 atom stereocenters. The van der Waals surface area contributed by atoms with Crippen LogP contribution in [-0.4, -0.2) is 40.5 Å². The van der Waals surface area contributed by atoms with Gasteiger partial charge in [0, 0.05) is 36.6 Å². The fraction of sp³-hybridized carbons (Fsp3) is 0.208. The number of amides is 1. The minimum Gasteiger partial charge on any atom is -0.463 e. The Labute approximate surface area is 202 Å². The number of carbonyl (C=O) groups excluding carboxylic acids is 2. The molecule has 1 amide bonds. The van der Waals surface area contributed by atoms with Gasteiger partial charge >= 0.3 is 5.97 Å². The lowest BCUT2D eigenvalue weighted by atomic mass is 9.95. The monoisotopic (exact) mass is 480 g/mol. The molecule has 2 N–H and O–H groups in total. The van der Waals surface area contributed by atoms with Gasteiger partial charge in [0.15, 0.2) is 5.11 Å². The van der Waals surface area contributed by atoms with Gasteiger partial charge in [0.05, 0.1) is 23.1 Å². The SMILES string of the molecule is CCOC(=O)C1=C(C)N(C)C(=S)NC1c1ccc(NC(=O)/C=C/c2ccc([N+](=O)[O-])cc2)cc1. The van der Waals surface area contributed by atoms with E-state index in [0.29, 0.717) is 27.6 Å². The van der Waals surface area contributed by atoms with Crippen molar-refractivity contribution in [3.8, 4) is 0 Å². The molecule has 0 spiro atoms. The lowest BCUT2D eigenvalue weighted by molar-refractivity contribution is -0.384. The largest absolute Gasteiger partial charge is 0.463 e. The summed E-state index contributed by atoms with van der Waals surface area (Å²) in [6.07, 6.45) is 2.91. The van der Waals surface area contributed by atoms with Crippen LogP contribution >= 0.6 is 12.2 Å². The Kier molecular flexibility index (Phi) is 7.75. The van der Waals surface area contributed by atoms with Crippen LogP contribution in [0.25, 0.3) is 6.08 Å². The Morgan fingerprint density at radius 3 is 2.44 bits per heavy atom. The highest BCUT2D eigenvalue weighted by Gasteiger charge is 2.33. The van der Waals surface area contributed by atoms with Gasteiger partial charge in [-0.25, -0.2) is 4.79 Å². The summed E-state index contributed by atoms with van der Waals surface area (Å²) in [4.78, 5) is 36.8. The number of hydrogen-bond acceptors (Lipinski definition) is 6. The first-order chi connectivity index (χ1) is 16.2.